The van der Waals surface area contributed by atoms with Crippen molar-refractivity contribution < 1.29 is 0 Å². The van der Waals surface area contributed by atoms with E-state index in [0.29, 0.717) is 0 Å². The van der Waals surface area contributed by atoms with Gasteiger partial charge in [-0.25, -0.2) is 14.6 Å². The van der Waals surface area contributed by atoms with Crippen LogP contribution in [0, 0.1) is 32.6 Å². The second-order valence-electron chi connectivity index (χ2n) is 6.16. The van der Waals surface area contributed by atoms with E-state index in [-0.39, 0.29) is 0 Å². The first-order valence-electron chi connectivity index (χ1n) is 8.33. The highest BCUT2D eigenvalue weighted by Gasteiger charge is 2.19. The van der Waals surface area contributed by atoms with Crippen molar-refractivity contribution in [3.8, 4) is 17.7 Å². The van der Waals surface area contributed by atoms with E-state index in [4.69, 9.17) is 0 Å². The minimum Gasteiger partial charge on any atom is -0.354 e. The molecular formula is C18H24N6. The molecule has 1 aliphatic heterocycles. The quantitative estimate of drug-likeness (QED) is 0.805. The van der Waals surface area contributed by atoms with Crippen LogP contribution < -0.4 is 4.90 Å². The van der Waals surface area contributed by atoms with E-state index in [0.717, 1.165) is 61.6 Å². The fourth-order valence-corrected chi connectivity index (χ4v) is 2.99. The van der Waals surface area contributed by atoms with Gasteiger partial charge in [0.15, 0.2) is 5.82 Å². The van der Waals surface area contributed by atoms with Crippen LogP contribution in [0.1, 0.15) is 24.1 Å². The molecule has 1 aliphatic rings. The molecule has 126 valence electrons. The largest absolute Gasteiger partial charge is 0.354 e. The normalized spacial score (nSPS) is 15.2. The molecule has 2 aromatic rings. The highest BCUT2D eigenvalue weighted by Crippen LogP contribution is 2.18. The first kappa shape index (κ1) is 16.5. The molecule has 6 nitrogen and oxygen atoms in total. The van der Waals surface area contributed by atoms with Crippen molar-refractivity contribution in [2.24, 2.45) is 0 Å². The summed E-state index contributed by atoms with van der Waals surface area (Å²) in [5.74, 6) is 8.69. The van der Waals surface area contributed by atoms with Crippen molar-refractivity contribution in [3.05, 3.63) is 29.3 Å². The molecule has 0 saturated carbocycles. The van der Waals surface area contributed by atoms with Crippen LogP contribution in [0.3, 0.4) is 0 Å². The number of piperazine rings is 1. The van der Waals surface area contributed by atoms with Crippen molar-refractivity contribution in [1.29, 1.82) is 0 Å². The fourth-order valence-electron chi connectivity index (χ4n) is 2.99. The Hall–Kier alpha value is -2.39. The number of hydrogen-bond donors (Lipinski definition) is 0. The zero-order chi connectivity index (χ0) is 17.1. The zero-order valence-corrected chi connectivity index (χ0v) is 14.9. The lowest BCUT2D eigenvalue weighted by Crippen LogP contribution is -2.46. The molecule has 0 aliphatic carbocycles. The van der Waals surface area contributed by atoms with Crippen LogP contribution in [0.5, 0.6) is 0 Å². The third-order valence-electron chi connectivity index (χ3n) is 4.21. The average molecular weight is 324 g/mol. The molecule has 0 amide bonds. The second kappa shape index (κ2) is 7.02. The van der Waals surface area contributed by atoms with E-state index in [1.54, 1.807) is 0 Å². The Morgan fingerprint density at radius 3 is 2.33 bits per heavy atom. The number of nitrogens with zero attached hydrogens (tertiary/aromatic N) is 6. The molecule has 0 unspecified atom stereocenters. The maximum atomic E-state index is 4.63. The number of anilines is 1. The van der Waals surface area contributed by atoms with Gasteiger partial charge >= 0.3 is 0 Å². The maximum absolute atomic E-state index is 4.63. The molecule has 1 saturated heterocycles. The molecule has 6 heteroatoms. The topological polar surface area (TPSA) is 50.1 Å². The highest BCUT2D eigenvalue weighted by atomic mass is 15.3. The molecule has 0 spiro atoms. The minimum absolute atomic E-state index is 0.773. The van der Waals surface area contributed by atoms with Gasteiger partial charge in [0.1, 0.15) is 11.6 Å². The molecule has 0 N–H and O–H groups in total. The van der Waals surface area contributed by atoms with Crippen LogP contribution in [0.4, 0.5) is 5.82 Å². The summed E-state index contributed by atoms with van der Waals surface area (Å²) in [4.78, 5) is 13.9. The zero-order valence-electron chi connectivity index (χ0n) is 14.9. The van der Waals surface area contributed by atoms with E-state index in [1.807, 2.05) is 38.4 Å². The molecule has 2 aromatic heterocycles. The first-order chi connectivity index (χ1) is 11.6. The van der Waals surface area contributed by atoms with Crippen LogP contribution >= 0.6 is 0 Å². The van der Waals surface area contributed by atoms with Gasteiger partial charge in [-0.2, -0.15) is 5.10 Å². The van der Waals surface area contributed by atoms with Crippen molar-refractivity contribution >= 4 is 5.82 Å². The SMILES string of the molecule is CC#CCN1CCN(c2cc(-n3nc(C)cc3C)nc(C)n2)CC1. The Morgan fingerprint density at radius 2 is 1.71 bits per heavy atom. The third-order valence-corrected chi connectivity index (χ3v) is 4.21. The van der Waals surface area contributed by atoms with Crippen LogP contribution in [0.15, 0.2) is 12.1 Å². The van der Waals surface area contributed by atoms with Crippen molar-refractivity contribution in [1.82, 2.24) is 24.6 Å². The van der Waals surface area contributed by atoms with Gasteiger partial charge < -0.3 is 4.90 Å². The maximum Gasteiger partial charge on any atom is 0.159 e. The molecular weight excluding hydrogens is 300 g/mol. The van der Waals surface area contributed by atoms with Crippen LogP contribution in [-0.4, -0.2) is 57.4 Å². The van der Waals surface area contributed by atoms with Crippen molar-refractivity contribution in [2.75, 3.05) is 37.6 Å². The third kappa shape index (κ3) is 3.57. The van der Waals surface area contributed by atoms with Crippen LogP contribution in [0.25, 0.3) is 5.82 Å². The summed E-state index contributed by atoms with van der Waals surface area (Å²) < 4.78 is 1.89. The predicted molar refractivity (Wildman–Crippen MR) is 95.5 cm³/mol. The summed E-state index contributed by atoms with van der Waals surface area (Å²) >= 11 is 0. The van der Waals surface area contributed by atoms with Gasteiger partial charge in [-0.1, -0.05) is 5.92 Å². The van der Waals surface area contributed by atoms with Crippen molar-refractivity contribution in [3.63, 3.8) is 0 Å². The van der Waals surface area contributed by atoms with E-state index in [1.165, 1.54) is 0 Å². The Kier molecular flexibility index (Phi) is 4.81. The number of hydrogen-bond acceptors (Lipinski definition) is 5. The summed E-state index contributed by atoms with van der Waals surface area (Å²) in [5, 5.41) is 4.54. The van der Waals surface area contributed by atoms with Gasteiger partial charge in [0, 0.05) is 37.9 Å². The summed E-state index contributed by atoms with van der Waals surface area (Å²) in [7, 11) is 0. The average Bonchev–Trinajstić information content (AvgIpc) is 2.91. The van der Waals surface area contributed by atoms with Gasteiger partial charge in [0.2, 0.25) is 0 Å². The Bertz CT molecular complexity index is 775. The van der Waals surface area contributed by atoms with Gasteiger partial charge in [0.25, 0.3) is 0 Å². The van der Waals surface area contributed by atoms with Gasteiger partial charge in [-0.05, 0) is 33.8 Å². The Morgan fingerprint density at radius 1 is 1.00 bits per heavy atom. The molecule has 0 aromatic carbocycles. The number of aryl methyl sites for hydroxylation is 3. The lowest BCUT2D eigenvalue weighted by Gasteiger charge is -2.34. The summed E-state index contributed by atoms with van der Waals surface area (Å²) in [6.07, 6.45) is 0. The van der Waals surface area contributed by atoms with Crippen LogP contribution in [0.2, 0.25) is 0 Å². The summed E-state index contributed by atoms with van der Waals surface area (Å²) in [6, 6.07) is 4.10. The number of rotatable bonds is 3. The van der Waals surface area contributed by atoms with Gasteiger partial charge in [-0.15, -0.1) is 5.92 Å². The molecule has 0 bridgehead atoms. The summed E-state index contributed by atoms with van der Waals surface area (Å²) in [6.45, 7) is 12.6. The first-order valence-corrected chi connectivity index (χ1v) is 8.33. The molecule has 0 radical (unpaired) electrons. The van der Waals surface area contributed by atoms with E-state index in [2.05, 4.69) is 42.8 Å². The smallest absolute Gasteiger partial charge is 0.159 e. The molecule has 3 heterocycles. The fraction of sp³-hybridized carbons (Fsp3) is 0.500. The van der Waals surface area contributed by atoms with Gasteiger partial charge in [-0.3, -0.25) is 4.90 Å². The molecule has 24 heavy (non-hydrogen) atoms. The standard InChI is InChI=1S/C18H24N6/c1-5-6-7-22-8-10-23(11-9-22)17-13-18(20-16(4)19-17)24-15(3)12-14(2)21-24/h12-13H,7-11H2,1-4H3. The van der Waals surface area contributed by atoms with Crippen molar-refractivity contribution in [2.45, 2.75) is 27.7 Å². The Labute approximate surface area is 143 Å². The lowest BCUT2D eigenvalue weighted by molar-refractivity contribution is 0.287. The van der Waals surface area contributed by atoms with Crippen LogP contribution in [-0.2, 0) is 0 Å². The highest BCUT2D eigenvalue weighted by molar-refractivity contribution is 5.45. The van der Waals surface area contributed by atoms with E-state index >= 15 is 0 Å². The second-order valence-corrected chi connectivity index (χ2v) is 6.16. The monoisotopic (exact) mass is 324 g/mol. The predicted octanol–water partition coefficient (Wildman–Crippen LogP) is 1.73. The number of aromatic nitrogens is 4. The summed E-state index contributed by atoms with van der Waals surface area (Å²) in [5.41, 5.74) is 2.08. The minimum atomic E-state index is 0.773. The molecule has 0 atom stereocenters. The van der Waals surface area contributed by atoms with E-state index < -0.39 is 0 Å². The Balaban J connectivity index is 1.80. The molecule has 3 rings (SSSR count). The van der Waals surface area contributed by atoms with Gasteiger partial charge in [0.05, 0.1) is 12.2 Å². The van der Waals surface area contributed by atoms with E-state index in [9.17, 15) is 0 Å². The molecule has 1 fully saturated rings. The lowest BCUT2D eigenvalue weighted by atomic mass is 10.3.